The first-order chi connectivity index (χ1) is 13.6. The number of nitrogens with one attached hydrogen (secondary N) is 2. The van der Waals surface area contributed by atoms with Gasteiger partial charge in [-0.2, -0.15) is 13.2 Å². The molecule has 0 fully saturated rings. The van der Waals surface area contributed by atoms with Crippen molar-refractivity contribution in [1.29, 1.82) is 0 Å². The van der Waals surface area contributed by atoms with E-state index < -0.39 is 28.3 Å². The van der Waals surface area contributed by atoms with Gasteiger partial charge in [-0.25, -0.2) is 0 Å². The predicted molar refractivity (Wildman–Crippen MR) is 103 cm³/mol. The summed E-state index contributed by atoms with van der Waals surface area (Å²) in [5.41, 5.74) is -2.31. The zero-order valence-electron chi connectivity index (χ0n) is 15.4. The van der Waals surface area contributed by atoms with Gasteiger partial charge in [-0.15, -0.1) is 0 Å². The molecule has 9 heteroatoms. The number of methoxy groups -OCH3 is 1. The van der Waals surface area contributed by atoms with Gasteiger partial charge in [0.15, 0.2) is 0 Å². The number of halogens is 3. The van der Waals surface area contributed by atoms with E-state index in [2.05, 4.69) is 10.6 Å². The summed E-state index contributed by atoms with van der Waals surface area (Å²) in [5, 5.41) is 14.9. The maximum absolute atomic E-state index is 13.0. The van der Waals surface area contributed by atoms with Crippen LogP contribution in [0.3, 0.4) is 0 Å². The molecular formula is C20H17F3N2O4. The Balaban J connectivity index is 1.86. The third-order valence-electron chi connectivity index (χ3n) is 4.44. The number of rotatable bonds is 6. The Kier molecular flexibility index (Phi) is 5.23. The zero-order valence-corrected chi connectivity index (χ0v) is 15.4. The van der Waals surface area contributed by atoms with Crippen LogP contribution in [0.2, 0.25) is 0 Å². The van der Waals surface area contributed by atoms with Crippen molar-refractivity contribution >= 4 is 17.1 Å². The van der Waals surface area contributed by atoms with Crippen LogP contribution >= 0.6 is 0 Å². The minimum atomic E-state index is -4.77. The van der Waals surface area contributed by atoms with Crippen molar-refractivity contribution in [3.63, 3.8) is 0 Å². The summed E-state index contributed by atoms with van der Waals surface area (Å²) in [7, 11) is 1.52. The standard InChI is InChI=1S/C20H17F3N2O4/c1-10(11-4-3-5-13(8-11)29-2)24-16-17(19(28)18(16)27)25-12-6-7-15(26)14(9-12)20(21,22)23/h3-10,24-26H,1-2H3. The van der Waals surface area contributed by atoms with Crippen molar-refractivity contribution in [2.24, 2.45) is 0 Å². The Bertz CT molecular complexity index is 1120. The number of ether oxygens (including phenoxy) is 1. The number of alkyl halides is 3. The second-order valence-corrected chi connectivity index (χ2v) is 6.41. The number of benzene rings is 2. The summed E-state index contributed by atoms with van der Waals surface area (Å²) in [5.74, 6) is -0.318. The fourth-order valence-corrected chi connectivity index (χ4v) is 2.84. The van der Waals surface area contributed by atoms with E-state index in [1.54, 1.807) is 31.2 Å². The molecule has 0 bridgehead atoms. The Morgan fingerprint density at radius 2 is 1.72 bits per heavy atom. The fraction of sp³-hybridized carbons (Fsp3) is 0.200. The minimum absolute atomic E-state index is 0.0213. The molecule has 152 valence electrons. The molecule has 0 amide bonds. The number of anilines is 3. The van der Waals surface area contributed by atoms with Crippen molar-refractivity contribution in [3.8, 4) is 11.5 Å². The summed E-state index contributed by atoms with van der Waals surface area (Å²) in [6.45, 7) is 1.76. The van der Waals surface area contributed by atoms with Gasteiger partial charge in [-0.1, -0.05) is 12.1 Å². The number of aromatic hydroxyl groups is 1. The lowest BCUT2D eigenvalue weighted by Crippen LogP contribution is -2.37. The minimum Gasteiger partial charge on any atom is -0.507 e. The largest absolute Gasteiger partial charge is 0.507 e. The first kappa shape index (κ1) is 20.2. The second kappa shape index (κ2) is 7.50. The quantitative estimate of drug-likeness (QED) is 0.425. The zero-order chi connectivity index (χ0) is 21.3. The molecule has 3 aromatic carbocycles. The maximum Gasteiger partial charge on any atom is 0.420 e. The molecule has 0 aliphatic heterocycles. The van der Waals surface area contributed by atoms with E-state index in [0.29, 0.717) is 11.8 Å². The van der Waals surface area contributed by atoms with Crippen molar-refractivity contribution in [1.82, 2.24) is 0 Å². The molecule has 0 aromatic heterocycles. The summed E-state index contributed by atoms with van der Waals surface area (Å²) in [4.78, 5) is 23.9. The van der Waals surface area contributed by atoms with Gasteiger partial charge in [0.25, 0.3) is 10.9 Å². The van der Waals surface area contributed by atoms with E-state index >= 15 is 0 Å². The molecule has 6 nitrogen and oxygen atoms in total. The first-order valence-corrected chi connectivity index (χ1v) is 8.53. The van der Waals surface area contributed by atoms with Crippen molar-refractivity contribution in [2.75, 3.05) is 17.7 Å². The Hall–Kier alpha value is -3.49. The van der Waals surface area contributed by atoms with E-state index in [-0.39, 0.29) is 23.1 Å². The molecule has 1 unspecified atom stereocenters. The highest BCUT2D eigenvalue weighted by molar-refractivity contribution is 5.79. The fourth-order valence-electron chi connectivity index (χ4n) is 2.84. The summed E-state index contributed by atoms with van der Waals surface area (Å²) < 4.78 is 44.0. The predicted octanol–water partition coefficient (Wildman–Crippen LogP) is 3.93. The van der Waals surface area contributed by atoms with Crippen LogP contribution in [0.1, 0.15) is 24.1 Å². The highest BCUT2D eigenvalue weighted by Gasteiger charge is 2.34. The van der Waals surface area contributed by atoms with Crippen LogP contribution in [0.5, 0.6) is 11.5 Å². The van der Waals surface area contributed by atoms with Gasteiger partial charge in [-0.3, -0.25) is 9.59 Å². The number of phenols is 1. The van der Waals surface area contributed by atoms with Crippen LogP contribution in [-0.4, -0.2) is 12.2 Å². The first-order valence-electron chi connectivity index (χ1n) is 8.53. The lowest BCUT2D eigenvalue weighted by Gasteiger charge is -2.20. The second-order valence-electron chi connectivity index (χ2n) is 6.41. The lowest BCUT2D eigenvalue weighted by atomic mass is 10.1. The van der Waals surface area contributed by atoms with Crippen molar-refractivity contribution in [3.05, 3.63) is 74.0 Å². The highest BCUT2D eigenvalue weighted by atomic mass is 19.4. The van der Waals surface area contributed by atoms with Crippen LogP contribution in [0.15, 0.2) is 52.1 Å². The number of hydrogen-bond donors (Lipinski definition) is 3. The van der Waals surface area contributed by atoms with Crippen LogP contribution in [0.25, 0.3) is 0 Å². The number of hydrogen-bond acceptors (Lipinski definition) is 6. The lowest BCUT2D eigenvalue weighted by molar-refractivity contribution is -0.138. The summed E-state index contributed by atoms with van der Waals surface area (Å²) in [6, 6.07) is 9.41. The van der Waals surface area contributed by atoms with Gasteiger partial charge in [-0.05, 0) is 42.8 Å². The maximum atomic E-state index is 13.0. The van der Waals surface area contributed by atoms with Gasteiger partial charge in [0.05, 0.1) is 12.7 Å². The van der Waals surface area contributed by atoms with Gasteiger partial charge < -0.3 is 20.5 Å². The summed E-state index contributed by atoms with van der Waals surface area (Å²) in [6.07, 6.45) is -4.77. The van der Waals surface area contributed by atoms with Crippen LogP contribution in [0, 0.1) is 0 Å². The molecule has 0 saturated heterocycles. The van der Waals surface area contributed by atoms with Crippen LogP contribution in [0.4, 0.5) is 30.2 Å². The summed E-state index contributed by atoms with van der Waals surface area (Å²) >= 11 is 0. The Morgan fingerprint density at radius 3 is 2.38 bits per heavy atom. The molecule has 0 aliphatic carbocycles. The van der Waals surface area contributed by atoms with E-state index in [9.17, 15) is 27.9 Å². The molecule has 0 spiro atoms. The van der Waals surface area contributed by atoms with Gasteiger partial charge in [0, 0.05) is 11.7 Å². The molecule has 29 heavy (non-hydrogen) atoms. The van der Waals surface area contributed by atoms with E-state index in [4.69, 9.17) is 4.74 Å². The Morgan fingerprint density at radius 1 is 1.03 bits per heavy atom. The molecular weight excluding hydrogens is 389 g/mol. The van der Waals surface area contributed by atoms with Crippen LogP contribution < -0.4 is 26.2 Å². The highest BCUT2D eigenvalue weighted by Crippen LogP contribution is 2.38. The molecule has 0 saturated carbocycles. The van der Waals surface area contributed by atoms with Gasteiger partial charge in [0.1, 0.15) is 22.9 Å². The SMILES string of the molecule is COc1cccc(C(C)Nc2c(Nc3ccc(O)c(C(F)(F)F)c3)c(=O)c2=O)c1. The van der Waals surface area contributed by atoms with E-state index in [1.165, 1.54) is 13.2 Å². The van der Waals surface area contributed by atoms with Crippen LogP contribution in [-0.2, 0) is 6.18 Å². The Labute approximate surface area is 163 Å². The van der Waals surface area contributed by atoms with Crippen molar-refractivity contribution < 1.29 is 23.0 Å². The average Bonchev–Trinajstić information content (AvgIpc) is 2.70. The molecule has 1 atom stereocenters. The van der Waals surface area contributed by atoms with E-state index in [1.807, 2.05) is 0 Å². The van der Waals surface area contributed by atoms with Gasteiger partial charge >= 0.3 is 6.18 Å². The molecule has 3 rings (SSSR count). The molecule has 0 aliphatic rings. The average molecular weight is 406 g/mol. The van der Waals surface area contributed by atoms with E-state index in [0.717, 1.165) is 11.6 Å². The molecule has 3 aromatic rings. The molecule has 3 N–H and O–H groups in total. The molecule has 0 radical (unpaired) electrons. The number of phenolic OH excluding ortho intramolecular Hbond substituents is 1. The third-order valence-corrected chi connectivity index (χ3v) is 4.44. The monoisotopic (exact) mass is 406 g/mol. The van der Waals surface area contributed by atoms with Gasteiger partial charge in [0.2, 0.25) is 0 Å². The normalized spacial score (nSPS) is 12.6. The third kappa shape index (κ3) is 4.03. The molecule has 0 heterocycles. The smallest absolute Gasteiger partial charge is 0.420 e. The van der Waals surface area contributed by atoms with Crippen molar-refractivity contribution in [2.45, 2.75) is 19.1 Å². The topological polar surface area (TPSA) is 87.7 Å².